The Morgan fingerprint density at radius 3 is 2.21 bits per heavy atom. The highest BCUT2D eigenvalue weighted by Crippen LogP contribution is 2.44. The lowest BCUT2D eigenvalue weighted by Gasteiger charge is -2.08. The number of fused-ring (bicyclic) bond motifs is 3. The van der Waals surface area contributed by atoms with Crippen LogP contribution in [0.3, 0.4) is 0 Å². The molecule has 0 bridgehead atoms. The highest BCUT2D eigenvalue weighted by Gasteiger charge is 2.20. The van der Waals surface area contributed by atoms with Gasteiger partial charge in [-0.15, -0.1) is 11.3 Å². The molecule has 0 spiro atoms. The topological polar surface area (TPSA) is 43.1 Å². The highest BCUT2D eigenvalue weighted by molar-refractivity contribution is 9.10. The van der Waals surface area contributed by atoms with Crippen molar-refractivity contribution in [1.29, 1.82) is 0 Å². The molecular formula is C24H14BrNO2S. The van der Waals surface area contributed by atoms with Gasteiger partial charge in [-0.1, -0.05) is 66.7 Å². The quantitative estimate of drug-likeness (QED) is 0.202. The van der Waals surface area contributed by atoms with E-state index >= 15 is 0 Å². The molecule has 0 atom stereocenters. The van der Waals surface area contributed by atoms with Crippen molar-refractivity contribution in [2.75, 3.05) is 0 Å². The Morgan fingerprint density at radius 1 is 0.724 bits per heavy atom. The van der Waals surface area contributed by atoms with Gasteiger partial charge >= 0.3 is 0 Å². The van der Waals surface area contributed by atoms with E-state index in [1.165, 1.54) is 0 Å². The summed E-state index contributed by atoms with van der Waals surface area (Å²) < 4.78 is 3.25. The number of hydrogen-bond donors (Lipinski definition) is 0. The van der Waals surface area contributed by atoms with Gasteiger partial charge in [-0.2, -0.15) is 0 Å². The van der Waals surface area contributed by atoms with Crippen LogP contribution in [0.25, 0.3) is 42.4 Å². The molecule has 0 aliphatic rings. The van der Waals surface area contributed by atoms with Crippen LogP contribution in [-0.4, -0.2) is 4.92 Å². The average molecular weight is 460 g/mol. The Labute approximate surface area is 179 Å². The fraction of sp³-hybridized carbons (Fsp3) is 0. The maximum atomic E-state index is 11.9. The molecule has 5 rings (SSSR count). The van der Waals surface area contributed by atoms with E-state index < -0.39 is 0 Å². The Bertz CT molecular complexity index is 1390. The van der Waals surface area contributed by atoms with E-state index in [1.807, 2.05) is 66.7 Å². The molecule has 0 aliphatic carbocycles. The lowest BCUT2D eigenvalue weighted by atomic mass is 9.97. The zero-order valence-corrected chi connectivity index (χ0v) is 17.5. The van der Waals surface area contributed by atoms with Crippen molar-refractivity contribution in [2.24, 2.45) is 0 Å². The summed E-state index contributed by atoms with van der Waals surface area (Å²) in [7, 11) is 0. The van der Waals surface area contributed by atoms with E-state index in [-0.39, 0.29) is 10.6 Å². The third-order valence-electron chi connectivity index (χ3n) is 5.07. The number of thiophene rings is 1. The minimum absolute atomic E-state index is 0.121. The third-order valence-corrected chi connectivity index (χ3v) is 7.28. The van der Waals surface area contributed by atoms with Crippen molar-refractivity contribution in [1.82, 2.24) is 0 Å². The summed E-state index contributed by atoms with van der Waals surface area (Å²) in [6, 6.07) is 27.4. The van der Waals surface area contributed by atoms with Crippen LogP contribution in [-0.2, 0) is 0 Å². The molecule has 0 aliphatic heterocycles. The standard InChI is InChI=1S/C24H14BrNO2S/c25-21-11-5-10-20-19-9-4-8-18(23(19)29-24(20)21)17-13-12-16(14-22(17)26(27)28)15-6-2-1-3-7-15/h1-14H. The molecule has 3 nitrogen and oxygen atoms in total. The van der Waals surface area contributed by atoms with Crippen molar-refractivity contribution in [3.05, 3.63) is 99.5 Å². The zero-order valence-electron chi connectivity index (χ0n) is 15.1. The van der Waals surface area contributed by atoms with Crippen LogP contribution in [0.4, 0.5) is 5.69 Å². The number of nitrogens with zero attached hydrogens (tertiary/aromatic N) is 1. The molecule has 29 heavy (non-hydrogen) atoms. The molecule has 5 aromatic rings. The summed E-state index contributed by atoms with van der Waals surface area (Å²) in [6.45, 7) is 0. The normalized spacial score (nSPS) is 11.2. The van der Waals surface area contributed by atoms with Gasteiger partial charge in [0.25, 0.3) is 5.69 Å². The summed E-state index contributed by atoms with van der Waals surface area (Å²) >= 11 is 5.29. The zero-order chi connectivity index (χ0) is 20.0. The van der Waals surface area contributed by atoms with E-state index in [2.05, 4.69) is 28.1 Å². The summed E-state index contributed by atoms with van der Waals surface area (Å²) in [5.74, 6) is 0. The molecule has 140 valence electrons. The Balaban J connectivity index is 1.77. The smallest absolute Gasteiger partial charge is 0.258 e. The van der Waals surface area contributed by atoms with E-state index in [1.54, 1.807) is 17.4 Å². The van der Waals surface area contributed by atoms with Crippen molar-refractivity contribution < 1.29 is 4.92 Å². The number of nitro groups is 1. The number of nitro benzene ring substituents is 1. The summed E-state index contributed by atoms with van der Waals surface area (Å²) in [4.78, 5) is 11.7. The fourth-order valence-corrected chi connectivity index (χ4v) is 5.56. The van der Waals surface area contributed by atoms with E-state index in [9.17, 15) is 10.1 Å². The van der Waals surface area contributed by atoms with Crippen LogP contribution < -0.4 is 0 Å². The van der Waals surface area contributed by atoms with Gasteiger partial charge in [0.1, 0.15) is 0 Å². The SMILES string of the molecule is O=[N+]([O-])c1cc(-c2ccccc2)ccc1-c1cccc2c1sc1c(Br)cccc12. The Kier molecular flexibility index (Phi) is 4.42. The van der Waals surface area contributed by atoms with Crippen molar-refractivity contribution in [3.63, 3.8) is 0 Å². The number of benzene rings is 4. The van der Waals surface area contributed by atoms with E-state index in [0.29, 0.717) is 5.56 Å². The van der Waals surface area contributed by atoms with Crippen LogP contribution in [0.1, 0.15) is 0 Å². The highest BCUT2D eigenvalue weighted by atomic mass is 79.9. The van der Waals surface area contributed by atoms with Gasteiger partial charge < -0.3 is 0 Å². The first-order valence-corrected chi connectivity index (χ1v) is 10.7. The average Bonchev–Trinajstić information content (AvgIpc) is 3.14. The minimum atomic E-state index is -0.288. The van der Waals surface area contributed by atoms with Gasteiger partial charge in [0.05, 0.1) is 10.5 Å². The second-order valence-electron chi connectivity index (χ2n) is 6.76. The van der Waals surface area contributed by atoms with Crippen LogP contribution in [0, 0.1) is 10.1 Å². The van der Waals surface area contributed by atoms with E-state index in [0.717, 1.165) is 41.3 Å². The van der Waals surface area contributed by atoms with Gasteiger partial charge in [0, 0.05) is 36.3 Å². The van der Waals surface area contributed by atoms with Gasteiger partial charge in [-0.3, -0.25) is 10.1 Å². The second-order valence-corrected chi connectivity index (χ2v) is 8.63. The third kappa shape index (κ3) is 3.03. The first-order chi connectivity index (χ1) is 14.1. The molecule has 0 N–H and O–H groups in total. The molecule has 1 heterocycles. The molecule has 0 fully saturated rings. The molecular weight excluding hydrogens is 446 g/mol. The van der Waals surface area contributed by atoms with Crippen molar-refractivity contribution in [2.45, 2.75) is 0 Å². The van der Waals surface area contributed by atoms with Gasteiger partial charge in [-0.05, 0) is 39.2 Å². The molecule has 0 amide bonds. The predicted octanol–water partition coefficient (Wildman–Crippen LogP) is 8.06. The van der Waals surface area contributed by atoms with Crippen LogP contribution >= 0.6 is 27.3 Å². The summed E-state index contributed by atoms with van der Waals surface area (Å²) in [5, 5.41) is 14.2. The van der Waals surface area contributed by atoms with Crippen molar-refractivity contribution >= 4 is 53.1 Å². The maximum absolute atomic E-state index is 11.9. The van der Waals surface area contributed by atoms with Gasteiger partial charge in [0.15, 0.2) is 0 Å². The van der Waals surface area contributed by atoms with Crippen LogP contribution in [0.15, 0.2) is 89.4 Å². The minimum Gasteiger partial charge on any atom is -0.258 e. The second kappa shape index (κ2) is 7.10. The molecule has 0 unspecified atom stereocenters. The van der Waals surface area contributed by atoms with Gasteiger partial charge in [-0.25, -0.2) is 0 Å². The number of halogens is 1. The predicted molar refractivity (Wildman–Crippen MR) is 125 cm³/mol. The molecule has 0 saturated heterocycles. The lowest BCUT2D eigenvalue weighted by molar-refractivity contribution is -0.384. The largest absolute Gasteiger partial charge is 0.277 e. The number of hydrogen-bond acceptors (Lipinski definition) is 3. The number of rotatable bonds is 3. The molecule has 4 aromatic carbocycles. The van der Waals surface area contributed by atoms with E-state index in [4.69, 9.17) is 0 Å². The van der Waals surface area contributed by atoms with Crippen molar-refractivity contribution in [3.8, 4) is 22.3 Å². The maximum Gasteiger partial charge on any atom is 0.277 e. The summed E-state index contributed by atoms with van der Waals surface area (Å²) in [6.07, 6.45) is 0. The lowest BCUT2D eigenvalue weighted by Crippen LogP contribution is -1.93. The summed E-state index contributed by atoms with van der Waals surface area (Å²) in [5.41, 5.74) is 3.46. The first-order valence-electron chi connectivity index (χ1n) is 9.07. The Hall–Kier alpha value is -3.02. The monoisotopic (exact) mass is 459 g/mol. The molecule has 0 saturated carbocycles. The fourth-order valence-electron chi connectivity index (χ4n) is 3.72. The van der Waals surface area contributed by atoms with Gasteiger partial charge in [0.2, 0.25) is 0 Å². The Morgan fingerprint density at radius 2 is 1.45 bits per heavy atom. The first kappa shape index (κ1) is 18.0. The van der Waals surface area contributed by atoms with Crippen LogP contribution in [0.5, 0.6) is 0 Å². The molecule has 5 heteroatoms. The van der Waals surface area contributed by atoms with Crippen LogP contribution in [0.2, 0.25) is 0 Å². The molecule has 0 radical (unpaired) electrons. The molecule has 1 aromatic heterocycles.